The lowest BCUT2D eigenvalue weighted by Crippen LogP contribution is -2.04. The largest absolute Gasteiger partial charge is 0.135 e. The van der Waals surface area contributed by atoms with Crippen molar-refractivity contribution >= 4 is 42.3 Å². The van der Waals surface area contributed by atoms with E-state index in [2.05, 4.69) is 212 Å². The number of hydrogen-bond acceptors (Lipinski definition) is 1. The summed E-state index contributed by atoms with van der Waals surface area (Å²) < 4.78 is 2.65. The molecule has 0 radical (unpaired) electrons. The molecule has 1 heteroatoms. The molecule has 0 saturated carbocycles. The van der Waals surface area contributed by atoms with E-state index in [9.17, 15) is 0 Å². The highest BCUT2D eigenvalue weighted by Gasteiger charge is 2.20. The Morgan fingerprint density at radius 3 is 1.73 bits per heavy atom. The van der Waals surface area contributed by atoms with E-state index in [-0.39, 0.29) is 5.92 Å². The molecule has 0 spiro atoms. The van der Waals surface area contributed by atoms with Crippen molar-refractivity contribution in [1.82, 2.24) is 0 Å². The van der Waals surface area contributed by atoms with Crippen LogP contribution in [0.3, 0.4) is 0 Å². The van der Waals surface area contributed by atoms with Crippen LogP contribution in [0.25, 0.3) is 75.5 Å². The normalized spacial score (nSPS) is 12.0. The quantitative estimate of drug-likeness (QED) is 0.139. The summed E-state index contributed by atoms with van der Waals surface area (Å²) in [5.74, 6) is 0.212. The molecular formula is C55H40S. The van der Waals surface area contributed by atoms with Crippen molar-refractivity contribution in [2.24, 2.45) is 0 Å². The highest BCUT2D eigenvalue weighted by Crippen LogP contribution is 2.44. The average molecular weight is 733 g/mol. The maximum Gasteiger partial charge on any atom is 0.0361 e. The molecule has 0 bridgehead atoms. The predicted octanol–water partition coefficient (Wildman–Crippen LogP) is 15.6. The number of fused-ring (bicyclic) bond motifs is 4. The first-order valence-electron chi connectivity index (χ1n) is 19.6. The van der Waals surface area contributed by atoms with E-state index in [1.807, 2.05) is 11.3 Å². The van der Waals surface area contributed by atoms with Crippen molar-refractivity contribution in [3.05, 3.63) is 229 Å². The molecule has 1 atom stereocenters. The molecule has 0 N–H and O–H groups in total. The molecule has 56 heavy (non-hydrogen) atoms. The van der Waals surface area contributed by atoms with E-state index in [1.54, 1.807) is 0 Å². The fourth-order valence-electron chi connectivity index (χ4n) is 8.71. The van der Waals surface area contributed by atoms with Crippen LogP contribution in [-0.4, -0.2) is 0 Å². The van der Waals surface area contributed by atoms with Crippen LogP contribution in [0.15, 0.2) is 212 Å². The Morgan fingerprint density at radius 1 is 0.357 bits per heavy atom. The standard InChI is InChI=1S/C55H40S/c1-3-15-38(16-4-1)45-22-9-7-20-41(45)33-35-46(42-29-31-43(32-30-42)48-26-13-21-40-19-8-10-23-47(40)48)44-34-36-53-52(37-44)55-51(27-14-28-54(55)56-53)50-25-12-11-24-49(50)39-17-5-2-6-18-39/h1-32,34,36-37,46H,33,35H2. The Bertz CT molecular complexity index is 2950. The molecule has 0 aliphatic carbocycles. The number of benzene rings is 9. The fourth-order valence-corrected chi connectivity index (χ4v) is 9.82. The first-order valence-corrected chi connectivity index (χ1v) is 20.4. The fraction of sp³-hybridized carbons (Fsp3) is 0.0545. The van der Waals surface area contributed by atoms with Crippen LogP contribution in [0.2, 0.25) is 0 Å². The molecule has 1 heterocycles. The summed E-state index contributed by atoms with van der Waals surface area (Å²) in [6.45, 7) is 0. The van der Waals surface area contributed by atoms with Crippen molar-refractivity contribution in [3.8, 4) is 44.5 Å². The number of thiophene rings is 1. The monoisotopic (exact) mass is 732 g/mol. The second-order valence-corrected chi connectivity index (χ2v) is 15.8. The van der Waals surface area contributed by atoms with Crippen LogP contribution in [0, 0.1) is 0 Å². The van der Waals surface area contributed by atoms with Gasteiger partial charge in [0.05, 0.1) is 0 Å². The third-order valence-corrected chi connectivity index (χ3v) is 12.6. The summed E-state index contributed by atoms with van der Waals surface area (Å²) in [6, 6.07) is 78.3. The third kappa shape index (κ3) is 6.41. The van der Waals surface area contributed by atoms with Gasteiger partial charge < -0.3 is 0 Å². The number of rotatable bonds is 9. The zero-order valence-corrected chi connectivity index (χ0v) is 31.9. The lowest BCUT2D eigenvalue weighted by atomic mass is 9.83. The minimum Gasteiger partial charge on any atom is -0.135 e. The first-order chi connectivity index (χ1) is 27.8. The van der Waals surface area contributed by atoms with Crippen molar-refractivity contribution < 1.29 is 0 Å². The summed E-state index contributed by atoms with van der Waals surface area (Å²) in [4.78, 5) is 0. The van der Waals surface area contributed by atoms with E-state index in [0.29, 0.717) is 0 Å². The van der Waals surface area contributed by atoms with Crippen molar-refractivity contribution in [2.75, 3.05) is 0 Å². The molecule has 0 aliphatic rings. The van der Waals surface area contributed by atoms with Crippen molar-refractivity contribution in [3.63, 3.8) is 0 Å². The molecule has 9 aromatic carbocycles. The number of aryl methyl sites for hydroxylation is 1. The van der Waals surface area contributed by atoms with E-state index in [4.69, 9.17) is 0 Å². The van der Waals surface area contributed by atoms with Gasteiger partial charge in [0.15, 0.2) is 0 Å². The third-order valence-electron chi connectivity index (χ3n) is 11.4. The van der Waals surface area contributed by atoms with Gasteiger partial charge >= 0.3 is 0 Å². The molecule has 0 aliphatic heterocycles. The second-order valence-electron chi connectivity index (χ2n) is 14.7. The van der Waals surface area contributed by atoms with Gasteiger partial charge in [-0.1, -0.05) is 194 Å². The molecule has 0 fully saturated rings. The molecule has 1 unspecified atom stereocenters. The molecule has 0 nitrogen and oxygen atoms in total. The summed E-state index contributed by atoms with van der Waals surface area (Å²) >= 11 is 1.90. The van der Waals surface area contributed by atoms with Gasteiger partial charge in [-0.3, -0.25) is 0 Å². The van der Waals surface area contributed by atoms with Crippen molar-refractivity contribution in [1.29, 1.82) is 0 Å². The number of hydrogen-bond donors (Lipinski definition) is 0. The maximum atomic E-state index is 2.51. The highest BCUT2D eigenvalue weighted by atomic mass is 32.1. The van der Waals surface area contributed by atoms with Gasteiger partial charge in [-0.2, -0.15) is 0 Å². The summed E-state index contributed by atoms with van der Waals surface area (Å²) in [7, 11) is 0. The minimum absolute atomic E-state index is 0.212. The van der Waals surface area contributed by atoms with Gasteiger partial charge in [-0.25, -0.2) is 0 Å². The van der Waals surface area contributed by atoms with E-state index in [1.165, 1.54) is 92.1 Å². The van der Waals surface area contributed by atoms with Crippen LogP contribution < -0.4 is 0 Å². The maximum absolute atomic E-state index is 2.51. The van der Waals surface area contributed by atoms with Gasteiger partial charge in [0.25, 0.3) is 0 Å². The lowest BCUT2D eigenvalue weighted by molar-refractivity contribution is 0.717. The summed E-state index contributed by atoms with van der Waals surface area (Å²) in [5, 5.41) is 5.24. The van der Waals surface area contributed by atoms with Gasteiger partial charge in [-0.15, -0.1) is 11.3 Å². The van der Waals surface area contributed by atoms with Gasteiger partial charge in [0.1, 0.15) is 0 Å². The van der Waals surface area contributed by atoms with Crippen LogP contribution in [0.1, 0.15) is 29.0 Å². The van der Waals surface area contributed by atoms with Gasteiger partial charge in [0, 0.05) is 26.1 Å². The van der Waals surface area contributed by atoms with E-state index < -0.39 is 0 Å². The zero-order valence-electron chi connectivity index (χ0n) is 31.1. The molecular weight excluding hydrogens is 693 g/mol. The molecule has 10 aromatic rings. The van der Waals surface area contributed by atoms with Crippen LogP contribution >= 0.6 is 11.3 Å². The Labute approximate surface area is 333 Å². The van der Waals surface area contributed by atoms with Crippen LogP contribution in [-0.2, 0) is 6.42 Å². The van der Waals surface area contributed by atoms with Gasteiger partial charge in [0.2, 0.25) is 0 Å². The van der Waals surface area contributed by atoms with E-state index >= 15 is 0 Å². The average Bonchev–Trinajstić information content (AvgIpc) is 3.66. The molecule has 10 rings (SSSR count). The Balaban J connectivity index is 1.10. The zero-order chi connectivity index (χ0) is 37.3. The smallest absolute Gasteiger partial charge is 0.0361 e. The molecule has 1 aromatic heterocycles. The Morgan fingerprint density at radius 2 is 0.929 bits per heavy atom. The second kappa shape index (κ2) is 14.9. The topological polar surface area (TPSA) is 0 Å². The Hall–Kier alpha value is -6.54. The van der Waals surface area contributed by atoms with E-state index in [0.717, 1.165) is 12.8 Å². The van der Waals surface area contributed by atoms with Gasteiger partial charge in [-0.05, 0) is 103 Å². The SMILES string of the molecule is c1ccc(-c2ccccc2CCC(c2ccc(-c3cccc4ccccc34)cc2)c2ccc3sc4cccc(-c5ccccc5-c5ccccc5)c4c3c2)cc1. The first kappa shape index (κ1) is 34.0. The van der Waals surface area contributed by atoms with Crippen LogP contribution in [0.4, 0.5) is 0 Å². The molecule has 0 saturated heterocycles. The minimum atomic E-state index is 0.212. The summed E-state index contributed by atoms with van der Waals surface area (Å²) in [6.07, 6.45) is 1.97. The molecule has 0 amide bonds. The van der Waals surface area contributed by atoms with Crippen LogP contribution in [0.5, 0.6) is 0 Å². The summed E-state index contributed by atoms with van der Waals surface area (Å²) in [5.41, 5.74) is 14.3. The lowest BCUT2D eigenvalue weighted by Gasteiger charge is -2.20. The highest BCUT2D eigenvalue weighted by molar-refractivity contribution is 7.25. The molecule has 266 valence electrons. The predicted molar refractivity (Wildman–Crippen MR) is 242 cm³/mol. The van der Waals surface area contributed by atoms with Crippen molar-refractivity contribution in [2.45, 2.75) is 18.8 Å². The Kier molecular flexibility index (Phi) is 9.07.